The van der Waals surface area contributed by atoms with Crippen LogP contribution in [0.5, 0.6) is 0 Å². The standard InChI is InChI=1S/C11H26N4O/c1-5-9-10-13(6-2)15(8-4)11(16)14(12)7-3/h5-10,12H2,1-4H3. The molecule has 0 bridgehead atoms. The van der Waals surface area contributed by atoms with E-state index in [9.17, 15) is 4.79 Å². The van der Waals surface area contributed by atoms with Gasteiger partial charge in [0.15, 0.2) is 0 Å². The summed E-state index contributed by atoms with van der Waals surface area (Å²) in [6, 6.07) is -0.122. The molecule has 16 heavy (non-hydrogen) atoms. The van der Waals surface area contributed by atoms with Crippen molar-refractivity contribution in [3.8, 4) is 0 Å². The molecule has 0 atom stereocenters. The highest BCUT2D eigenvalue weighted by molar-refractivity contribution is 5.73. The van der Waals surface area contributed by atoms with E-state index in [-0.39, 0.29) is 6.03 Å². The number of hydrazine groups is 2. The van der Waals surface area contributed by atoms with Crippen LogP contribution in [-0.4, -0.2) is 47.2 Å². The molecule has 0 unspecified atom stereocenters. The Hall–Kier alpha value is -0.810. The Bertz CT molecular complexity index is 198. The zero-order valence-corrected chi connectivity index (χ0v) is 11.1. The molecule has 0 fully saturated rings. The fraction of sp³-hybridized carbons (Fsp3) is 0.909. The van der Waals surface area contributed by atoms with Gasteiger partial charge in [0.05, 0.1) is 0 Å². The summed E-state index contributed by atoms with van der Waals surface area (Å²) in [5, 5.41) is 5.03. The van der Waals surface area contributed by atoms with Crippen molar-refractivity contribution < 1.29 is 4.79 Å². The predicted octanol–water partition coefficient (Wildman–Crippen LogP) is 1.66. The van der Waals surface area contributed by atoms with Crippen molar-refractivity contribution in [2.75, 3.05) is 26.2 Å². The first-order valence-electron chi connectivity index (χ1n) is 6.20. The fourth-order valence-corrected chi connectivity index (χ4v) is 1.53. The minimum atomic E-state index is -0.122. The second-order valence-corrected chi connectivity index (χ2v) is 3.68. The second-order valence-electron chi connectivity index (χ2n) is 3.68. The van der Waals surface area contributed by atoms with E-state index >= 15 is 0 Å². The maximum Gasteiger partial charge on any atom is 0.348 e. The molecule has 0 aromatic carbocycles. The number of nitrogens with zero attached hydrogens (tertiary/aromatic N) is 3. The number of urea groups is 1. The highest BCUT2D eigenvalue weighted by Gasteiger charge is 2.20. The van der Waals surface area contributed by atoms with Crippen LogP contribution in [0, 0.1) is 0 Å². The quantitative estimate of drug-likeness (QED) is 0.411. The van der Waals surface area contributed by atoms with Crippen molar-refractivity contribution in [2.45, 2.75) is 40.5 Å². The molecule has 0 radical (unpaired) electrons. The number of unbranched alkanes of at least 4 members (excludes halogenated alkanes) is 1. The summed E-state index contributed by atoms with van der Waals surface area (Å²) in [4.78, 5) is 12.0. The van der Waals surface area contributed by atoms with Crippen molar-refractivity contribution in [1.29, 1.82) is 0 Å². The maximum absolute atomic E-state index is 12.0. The molecule has 2 amide bonds. The molecule has 5 nitrogen and oxygen atoms in total. The molecule has 2 N–H and O–H groups in total. The Labute approximate surface area is 99.1 Å². The first-order valence-corrected chi connectivity index (χ1v) is 6.20. The molecule has 96 valence electrons. The largest absolute Gasteiger partial charge is 0.348 e. The summed E-state index contributed by atoms with van der Waals surface area (Å²) in [7, 11) is 0. The van der Waals surface area contributed by atoms with Gasteiger partial charge < -0.3 is 0 Å². The smallest absolute Gasteiger partial charge is 0.261 e. The second kappa shape index (κ2) is 8.35. The van der Waals surface area contributed by atoms with Crippen molar-refractivity contribution in [1.82, 2.24) is 15.0 Å². The normalized spacial score (nSPS) is 10.6. The monoisotopic (exact) mass is 230 g/mol. The third-order valence-electron chi connectivity index (χ3n) is 2.58. The maximum atomic E-state index is 12.0. The van der Waals surface area contributed by atoms with Gasteiger partial charge in [-0.1, -0.05) is 20.3 Å². The van der Waals surface area contributed by atoms with Crippen molar-refractivity contribution in [3.63, 3.8) is 0 Å². The Kier molecular flexibility index (Phi) is 7.93. The van der Waals surface area contributed by atoms with Crippen LogP contribution in [0.15, 0.2) is 0 Å². The lowest BCUT2D eigenvalue weighted by Crippen LogP contribution is -2.54. The SMILES string of the molecule is CCCCN(CC)N(CC)C(=O)N(N)CC. The van der Waals surface area contributed by atoms with Gasteiger partial charge in [-0.15, -0.1) is 0 Å². The van der Waals surface area contributed by atoms with Gasteiger partial charge in [0.25, 0.3) is 0 Å². The zero-order chi connectivity index (χ0) is 12.6. The Morgan fingerprint density at radius 2 is 1.69 bits per heavy atom. The predicted molar refractivity (Wildman–Crippen MR) is 66.5 cm³/mol. The third kappa shape index (κ3) is 4.37. The number of nitrogens with two attached hydrogens (primary N) is 1. The summed E-state index contributed by atoms with van der Waals surface area (Å²) in [5.74, 6) is 5.63. The van der Waals surface area contributed by atoms with Crippen molar-refractivity contribution in [3.05, 3.63) is 0 Å². The van der Waals surface area contributed by atoms with Gasteiger partial charge in [-0.2, -0.15) is 0 Å². The van der Waals surface area contributed by atoms with Crippen LogP contribution in [0.3, 0.4) is 0 Å². The van der Waals surface area contributed by atoms with Crippen molar-refractivity contribution in [2.24, 2.45) is 5.84 Å². The number of hydrogen-bond acceptors (Lipinski definition) is 3. The molecule has 0 aliphatic heterocycles. The van der Waals surface area contributed by atoms with Gasteiger partial charge in [-0.3, -0.25) is 10.0 Å². The molecule has 0 saturated heterocycles. The van der Waals surface area contributed by atoms with E-state index in [0.29, 0.717) is 13.1 Å². The summed E-state index contributed by atoms with van der Waals surface area (Å²) in [5.41, 5.74) is 0. The lowest BCUT2D eigenvalue weighted by atomic mass is 10.3. The number of hydrogen-bond donors (Lipinski definition) is 1. The fourth-order valence-electron chi connectivity index (χ4n) is 1.53. The Morgan fingerprint density at radius 1 is 1.06 bits per heavy atom. The third-order valence-corrected chi connectivity index (χ3v) is 2.58. The number of carbonyl (C=O) groups is 1. The van der Waals surface area contributed by atoms with Crippen LogP contribution >= 0.6 is 0 Å². The number of rotatable bonds is 7. The lowest BCUT2D eigenvalue weighted by Gasteiger charge is -2.35. The van der Waals surface area contributed by atoms with Crippen LogP contribution in [-0.2, 0) is 0 Å². The van der Waals surface area contributed by atoms with E-state index in [1.165, 1.54) is 5.01 Å². The van der Waals surface area contributed by atoms with E-state index in [4.69, 9.17) is 5.84 Å². The van der Waals surface area contributed by atoms with E-state index in [2.05, 4.69) is 18.9 Å². The summed E-state index contributed by atoms with van der Waals surface area (Å²) in [6.45, 7) is 11.0. The minimum Gasteiger partial charge on any atom is -0.261 e. The molecule has 5 heteroatoms. The average Bonchev–Trinajstić information content (AvgIpc) is 2.32. The molecular weight excluding hydrogens is 204 g/mol. The molecule has 0 heterocycles. The van der Waals surface area contributed by atoms with Gasteiger partial charge in [-0.25, -0.2) is 15.6 Å². The minimum absolute atomic E-state index is 0.122. The summed E-state index contributed by atoms with van der Waals surface area (Å²) in [6.07, 6.45) is 2.22. The highest BCUT2D eigenvalue weighted by atomic mass is 16.2. The zero-order valence-electron chi connectivity index (χ0n) is 11.1. The molecule has 0 spiro atoms. The van der Waals surface area contributed by atoms with Crippen LogP contribution in [0.2, 0.25) is 0 Å². The summed E-state index contributed by atoms with van der Waals surface area (Å²) >= 11 is 0. The van der Waals surface area contributed by atoms with Gasteiger partial charge in [0.1, 0.15) is 0 Å². The molecule has 0 aromatic heterocycles. The van der Waals surface area contributed by atoms with Crippen molar-refractivity contribution >= 4 is 6.03 Å². The highest BCUT2D eigenvalue weighted by Crippen LogP contribution is 2.04. The van der Waals surface area contributed by atoms with Crippen LogP contribution in [0.25, 0.3) is 0 Å². The molecular formula is C11H26N4O. The van der Waals surface area contributed by atoms with Gasteiger partial charge in [0, 0.05) is 26.2 Å². The number of carbonyl (C=O) groups excluding carboxylic acids is 1. The first kappa shape index (κ1) is 15.2. The molecule has 0 aliphatic rings. The van der Waals surface area contributed by atoms with Crippen LogP contribution in [0.1, 0.15) is 40.5 Å². The molecule has 0 aliphatic carbocycles. The van der Waals surface area contributed by atoms with E-state index in [1.54, 1.807) is 5.01 Å². The first-order chi connectivity index (χ1) is 7.62. The van der Waals surface area contributed by atoms with E-state index in [0.717, 1.165) is 25.9 Å². The summed E-state index contributed by atoms with van der Waals surface area (Å²) < 4.78 is 0. The van der Waals surface area contributed by atoms with Gasteiger partial charge >= 0.3 is 6.03 Å². The molecule has 0 aromatic rings. The Balaban J connectivity index is 4.47. The molecule has 0 saturated carbocycles. The number of amides is 2. The van der Waals surface area contributed by atoms with Crippen LogP contribution < -0.4 is 5.84 Å². The van der Waals surface area contributed by atoms with E-state index in [1.807, 2.05) is 13.8 Å². The van der Waals surface area contributed by atoms with E-state index < -0.39 is 0 Å². The Morgan fingerprint density at radius 3 is 2.06 bits per heavy atom. The average molecular weight is 230 g/mol. The van der Waals surface area contributed by atoms with Gasteiger partial charge in [0.2, 0.25) is 0 Å². The topological polar surface area (TPSA) is 52.8 Å². The lowest BCUT2D eigenvalue weighted by molar-refractivity contribution is 0.00489. The van der Waals surface area contributed by atoms with Gasteiger partial charge in [-0.05, 0) is 20.3 Å². The molecule has 0 rings (SSSR count). The van der Waals surface area contributed by atoms with Crippen LogP contribution in [0.4, 0.5) is 4.79 Å².